The van der Waals surface area contributed by atoms with E-state index >= 15 is 0 Å². The molecule has 7 heteroatoms. The zero-order valence-electron chi connectivity index (χ0n) is 16.1. The van der Waals surface area contributed by atoms with Crippen LogP contribution < -0.4 is 5.56 Å². The van der Waals surface area contributed by atoms with Crippen LogP contribution in [0.4, 0.5) is 0 Å². The number of hydrogen-bond donors (Lipinski definition) is 0. The van der Waals surface area contributed by atoms with Crippen molar-refractivity contribution < 1.29 is 9.53 Å². The van der Waals surface area contributed by atoms with E-state index in [1.54, 1.807) is 17.6 Å². The van der Waals surface area contributed by atoms with Crippen molar-refractivity contribution in [3.05, 3.63) is 40.1 Å². The van der Waals surface area contributed by atoms with Gasteiger partial charge in [-0.25, -0.2) is 14.3 Å². The van der Waals surface area contributed by atoms with Gasteiger partial charge in [-0.3, -0.25) is 4.79 Å². The van der Waals surface area contributed by atoms with Crippen molar-refractivity contribution in [3.63, 3.8) is 0 Å². The molecule has 3 aromatic heterocycles. The van der Waals surface area contributed by atoms with Crippen molar-refractivity contribution in [1.29, 1.82) is 0 Å². The molecule has 0 N–H and O–H groups in total. The van der Waals surface area contributed by atoms with Crippen LogP contribution in [-0.2, 0) is 4.74 Å². The Balaban J connectivity index is 1.91. The summed E-state index contributed by atoms with van der Waals surface area (Å²) in [4.78, 5) is 29.6. The number of aromatic nitrogens is 4. The third kappa shape index (κ3) is 2.64. The Bertz CT molecular complexity index is 1100. The van der Waals surface area contributed by atoms with Crippen LogP contribution in [0.3, 0.4) is 0 Å². The molecule has 1 aliphatic carbocycles. The highest BCUT2D eigenvalue weighted by Crippen LogP contribution is 2.37. The Hall–Kier alpha value is -2.70. The normalized spacial score (nSPS) is 23.0. The first-order chi connectivity index (χ1) is 12.9. The number of pyridine rings is 1. The van der Waals surface area contributed by atoms with Gasteiger partial charge in [-0.15, -0.1) is 0 Å². The number of ether oxygens (including phenoxy) is 1. The van der Waals surface area contributed by atoms with Gasteiger partial charge in [0.1, 0.15) is 5.56 Å². The van der Waals surface area contributed by atoms with Crippen LogP contribution in [0, 0.1) is 18.8 Å². The van der Waals surface area contributed by atoms with Crippen molar-refractivity contribution >= 4 is 22.5 Å². The highest BCUT2D eigenvalue weighted by atomic mass is 16.5. The first-order valence-corrected chi connectivity index (χ1v) is 9.41. The van der Waals surface area contributed by atoms with E-state index in [2.05, 4.69) is 23.9 Å². The fourth-order valence-corrected chi connectivity index (χ4v) is 4.34. The molecule has 0 saturated heterocycles. The predicted molar refractivity (Wildman–Crippen MR) is 102 cm³/mol. The standard InChI is InChI=1S/C20H24N4O3/c1-11-6-5-7-15(12(11)2)23-9-8-16-14(19(23)25)10-21-18-17(20(26)27-4)13(3)22-24(16)18/h8-12,15H,5-7H2,1-4H3. The van der Waals surface area contributed by atoms with Gasteiger partial charge >= 0.3 is 5.97 Å². The number of hydrogen-bond acceptors (Lipinski definition) is 5. The van der Waals surface area contributed by atoms with Gasteiger partial charge in [0.15, 0.2) is 5.65 Å². The van der Waals surface area contributed by atoms with E-state index in [9.17, 15) is 9.59 Å². The number of rotatable bonds is 2. The minimum Gasteiger partial charge on any atom is -0.465 e. The molecule has 0 radical (unpaired) electrons. The molecule has 142 valence electrons. The van der Waals surface area contributed by atoms with Crippen LogP contribution in [0.2, 0.25) is 0 Å². The molecule has 7 nitrogen and oxygen atoms in total. The topological polar surface area (TPSA) is 78.5 Å². The van der Waals surface area contributed by atoms with Crippen LogP contribution in [0.5, 0.6) is 0 Å². The SMILES string of the molecule is COC(=O)c1c(C)nn2c1ncc1c(=O)n(C3CCCC(C)C3C)ccc12. The molecular formula is C20H24N4O3. The van der Waals surface area contributed by atoms with Crippen LogP contribution in [0.1, 0.15) is 55.2 Å². The quantitative estimate of drug-likeness (QED) is 0.649. The Morgan fingerprint density at radius 3 is 2.81 bits per heavy atom. The van der Waals surface area contributed by atoms with Gasteiger partial charge in [0.05, 0.1) is 23.7 Å². The van der Waals surface area contributed by atoms with Crippen molar-refractivity contribution in [2.75, 3.05) is 7.11 Å². The minimum absolute atomic E-state index is 0.0550. The fourth-order valence-electron chi connectivity index (χ4n) is 4.34. The summed E-state index contributed by atoms with van der Waals surface area (Å²) < 4.78 is 8.26. The van der Waals surface area contributed by atoms with Crippen LogP contribution in [0.15, 0.2) is 23.3 Å². The first kappa shape index (κ1) is 17.7. The number of carbonyl (C=O) groups excluding carboxylic acids is 1. The molecule has 0 spiro atoms. The van der Waals surface area contributed by atoms with Crippen molar-refractivity contribution in [3.8, 4) is 0 Å². The number of methoxy groups -OCH3 is 1. The Morgan fingerprint density at radius 2 is 2.07 bits per heavy atom. The Morgan fingerprint density at radius 1 is 1.30 bits per heavy atom. The van der Waals surface area contributed by atoms with E-state index < -0.39 is 5.97 Å². The monoisotopic (exact) mass is 368 g/mol. The van der Waals surface area contributed by atoms with Gasteiger partial charge < -0.3 is 9.30 Å². The lowest BCUT2D eigenvalue weighted by Gasteiger charge is -2.35. The van der Waals surface area contributed by atoms with Crippen LogP contribution in [0.25, 0.3) is 16.6 Å². The summed E-state index contributed by atoms with van der Waals surface area (Å²) in [6.45, 7) is 6.22. The molecule has 4 rings (SSSR count). The maximum absolute atomic E-state index is 13.2. The molecule has 3 atom stereocenters. The van der Waals surface area contributed by atoms with E-state index in [1.807, 2.05) is 16.8 Å². The smallest absolute Gasteiger partial charge is 0.343 e. The van der Waals surface area contributed by atoms with E-state index in [1.165, 1.54) is 13.5 Å². The third-order valence-electron chi connectivity index (χ3n) is 6.12. The lowest BCUT2D eigenvalue weighted by atomic mass is 9.78. The molecule has 27 heavy (non-hydrogen) atoms. The molecule has 3 heterocycles. The first-order valence-electron chi connectivity index (χ1n) is 9.41. The lowest BCUT2D eigenvalue weighted by Crippen LogP contribution is -2.33. The lowest BCUT2D eigenvalue weighted by molar-refractivity contribution is 0.0602. The second kappa shape index (κ2) is 6.48. The summed E-state index contributed by atoms with van der Waals surface area (Å²) in [5.74, 6) is 0.569. The maximum Gasteiger partial charge on any atom is 0.343 e. The number of nitrogens with zero attached hydrogens (tertiary/aromatic N) is 4. The molecule has 0 amide bonds. The second-order valence-corrected chi connectivity index (χ2v) is 7.61. The highest BCUT2D eigenvalue weighted by Gasteiger charge is 2.29. The van der Waals surface area contributed by atoms with Crippen LogP contribution in [-0.4, -0.2) is 32.2 Å². The van der Waals surface area contributed by atoms with Crippen LogP contribution >= 0.6 is 0 Å². The van der Waals surface area contributed by atoms with Gasteiger partial charge in [0.2, 0.25) is 0 Å². The average molecular weight is 368 g/mol. The molecule has 0 bridgehead atoms. The van der Waals surface area contributed by atoms with Gasteiger partial charge in [-0.1, -0.05) is 26.7 Å². The van der Waals surface area contributed by atoms with Gasteiger partial charge in [0.25, 0.3) is 5.56 Å². The number of esters is 1. The predicted octanol–water partition coefficient (Wildman–Crippen LogP) is 3.14. The molecule has 3 unspecified atom stereocenters. The molecule has 1 aliphatic rings. The second-order valence-electron chi connectivity index (χ2n) is 7.61. The van der Waals surface area contributed by atoms with Crippen molar-refractivity contribution in [2.45, 2.75) is 46.1 Å². The summed E-state index contributed by atoms with van der Waals surface area (Å²) in [5, 5.41) is 4.93. The molecule has 1 saturated carbocycles. The molecule has 0 aromatic carbocycles. The Labute approximate surface area is 157 Å². The molecule has 0 aliphatic heterocycles. The fraction of sp³-hybridized carbons (Fsp3) is 0.500. The molecule has 3 aromatic rings. The zero-order chi connectivity index (χ0) is 19.3. The van der Waals surface area contributed by atoms with E-state index in [-0.39, 0.29) is 11.6 Å². The van der Waals surface area contributed by atoms with Gasteiger partial charge in [-0.05, 0) is 31.2 Å². The van der Waals surface area contributed by atoms with E-state index in [0.717, 1.165) is 12.8 Å². The van der Waals surface area contributed by atoms with Crippen molar-refractivity contribution in [1.82, 2.24) is 19.2 Å². The molecular weight excluding hydrogens is 344 g/mol. The summed E-state index contributed by atoms with van der Waals surface area (Å²) in [5.41, 5.74) is 1.86. The summed E-state index contributed by atoms with van der Waals surface area (Å²) in [6.07, 6.45) is 6.77. The highest BCUT2D eigenvalue weighted by molar-refractivity contribution is 5.98. The largest absolute Gasteiger partial charge is 0.465 e. The summed E-state index contributed by atoms with van der Waals surface area (Å²) >= 11 is 0. The Kier molecular flexibility index (Phi) is 4.25. The number of carbonyl (C=O) groups is 1. The average Bonchev–Trinajstić information content (AvgIpc) is 3.00. The van der Waals surface area contributed by atoms with E-state index in [4.69, 9.17) is 4.74 Å². The molecule has 1 fully saturated rings. The summed E-state index contributed by atoms with van der Waals surface area (Å²) in [6, 6.07) is 2.09. The van der Waals surface area contributed by atoms with Gasteiger partial charge in [-0.2, -0.15) is 5.10 Å². The summed E-state index contributed by atoms with van der Waals surface area (Å²) in [7, 11) is 1.33. The van der Waals surface area contributed by atoms with E-state index in [0.29, 0.717) is 39.6 Å². The zero-order valence-corrected chi connectivity index (χ0v) is 16.1. The number of fused-ring (bicyclic) bond motifs is 3. The van der Waals surface area contributed by atoms with Crippen molar-refractivity contribution in [2.24, 2.45) is 11.8 Å². The number of aryl methyl sites for hydroxylation is 1. The minimum atomic E-state index is -0.479. The maximum atomic E-state index is 13.2. The third-order valence-corrected chi connectivity index (χ3v) is 6.12. The van der Waals surface area contributed by atoms with Gasteiger partial charge in [0, 0.05) is 18.4 Å².